The Labute approximate surface area is 232 Å². The van der Waals surface area contributed by atoms with E-state index in [0.717, 1.165) is 25.7 Å². The summed E-state index contributed by atoms with van der Waals surface area (Å²) >= 11 is 0. The highest BCUT2D eigenvalue weighted by Gasteiger charge is 2.60. The number of amides is 1. The number of nitrogens with one attached hydrogen (secondary N) is 2. The monoisotopic (exact) mass is 601 g/mol. The van der Waals surface area contributed by atoms with Crippen molar-refractivity contribution in [3.63, 3.8) is 0 Å². The average Bonchev–Trinajstić information content (AvgIpc) is 3.44. The van der Waals surface area contributed by atoms with Crippen LogP contribution < -0.4 is 20.6 Å². The molecular weight excluding hydrogens is 571 g/mol. The maximum atomic E-state index is 15.1. The Morgan fingerprint density at radius 1 is 1.29 bits per heavy atom. The molecule has 2 aliphatic heterocycles. The van der Waals surface area contributed by atoms with E-state index in [4.69, 9.17) is 13.8 Å². The number of alkyl halides is 2. The van der Waals surface area contributed by atoms with Crippen LogP contribution >= 0.6 is 7.75 Å². The van der Waals surface area contributed by atoms with Gasteiger partial charge in [0.05, 0.1) is 12.5 Å². The van der Waals surface area contributed by atoms with Crippen LogP contribution in [0.15, 0.2) is 47.4 Å². The van der Waals surface area contributed by atoms with Crippen molar-refractivity contribution in [3.05, 3.63) is 53.1 Å². The van der Waals surface area contributed by atoms with Gasteiger partial charge in [-0.2, -0.15) is 18.9 Å². The smallest absolute Gasteiger partial charge is 0.459 e. The number of para-hydroxylation sites is 1. The second-order valence-electron chi connectivity index (χ2n) is 9.77. The second kappa shape index (κ2) is 12.3. The number of hydrogen-bond donors (Lipinski definition) is 4. The number of benzene rings is 1. The lowest BCUT2D eigenvalue weighted by Crippen LogP contribution is -2.42. The first-order chi connectivity index (χ1) is 19.3. The number of carbonyl (C=O) groups is 2. The molecule has 1 unspecified atom stereocenters. The third kappa shape index (κ3) is 7.15. The number of anilines is 1. The fraction of sp³-hybridized carbons (Fsp3) is 0.500. The highest BCUT2D eigenvalue weighted by atomic mass is 31.2. The minimum absolute atomic E-state index is 0.0294. The minimum atomic E-state index is -4.50. The van der Waals surface area contributed by atoms with E-state index in [1.54, 1.807) is 18.2 Å². The molecule has 2 aliphatic rings. The summed E-state index contributed by atoms with van der Waals surface area (Å²) in [6, 6.07) is 7.27. The third-order valence-electron chi connectivity index (χ3n) is 6.58. The number of halogens is 2. The zero-order valence-corrected chi connectivity index (χ0v) is 22.9. The molecule has 224 valence electrons. The van der Waals surface area contributed by atoms with E-state index in [1.165, 1.54) is 12.1 Å². The first-order valence-electron chi connectivity index (χ1n) is 12.6. The number of hydrogen-bond acceptors (Lipinski definition) is 10. The van der Waals surface area contributed by atoms with Gasteiger partial charge < -0.3 is 29.7 Å². The van der Waals surface area contributed by atoms with Crippen molar-refractivity contribution in [2.75, 3.05) is 32.1 Å². The van der Waals surface area contributed by atoms with Crippen molar-refractivity contribution < 1.29 is 46.9 Å². The Hall–Kier alpha value is -3.27. The maximum Gasteiger partial charge on any atom is 0.459 e. The topological polar surface area (TPSA) is 182 Å². The summed E-state index contributed by atoms with van der Waals surface area (Å²) in [6.45, 7) is 1.50. The van der Waals surface area contributed by atoms with Gasteiger partial charge >= 0.3 is 25.3 Å². The SMILES string of the molecule is C[C@H](NP(=O)(OC[C@H]1O[C@@H](n2ccc(NC(=O)[C@H]3CCN(C)C3)nc2=O)C(F)(F)[C@@H]1O)Oc1ccccc1)C(=O)O. The van der Waals surface area contributed by atoms with Gasteiger partial charge in [0.15, 0.2) is 6.10 Å². The van der Waals surface area contributed by atoms with Crippen molar-refractivity contribution in [2.45, 2.75) is 43.7 Å². The molecule has 6 atom stereocenters. The predicted octanol–water partition coefficient (Wildman–Crippen LogP) is 1.29. The summed E-state index contributed by atoms with van der Waals surface area (Å²) in [5.74, 6) is -6.19. The fourth-order valence-electron chi connectivity index (χ4n) is 4.32. The molecule has 1 aromatic carbocycles. The van der Waals surface area contributed by atoms with Crippen LogP contribution in [-0.2, 0) is 23.4 Å². The molecule has 0 bridgehead atoms. The van der Waals surface area contributed by atoms with Gasteiger partial charge in [-0.15, -0.1) is 0 Å². The summed E-state index contributed by atoms with van der Waals surface area (Å²) in [7, 11) is -2.63. The third-order valence-corrected chi connectivity index (χ3v) is 8.22. The normalized spacial score (nSPS) is 26.3. The summed E-state index contributed by atoms with van der Waals surface area (Å²) in [4.78, 5) is 42.0. The molecule has 4 N–H and O–H groups in total. The molecule has 41 heavy (non-hydrogen) atoms. The van der Waals surface area contributed by atoms with E-state index in [1.807, 2.05) is 11.9 Å². The maximum absolute atomic E-state index is 15.1. The molecule has 0 spiro atoms. The fourth-order valence-corrected chi connectivity index (χ4v) is 5.83. The van der Waals surface area contributed by atoms with Gasteiger partial charge in [0.2, 0.25) is 12.1 Å². The zero-order chi connectivity index (χ0) is 29.9. The molecule has 2 aromatic rings. The standard InChI is InChI=1S/C24H30F2N5O9P/c1-14(21(34)35)29-41(37,40-16-6-4-3-5-7-16)38-13-17-19(32)24(25,26)22(39-17)31-11-9-18(28-23(31)36)27-20(33)15-8-10-30(2)12-15/h3-7,9,11,14-15,17,19,22,32H,8,10,12-13H2,1-2H3,(H,29,37)(H,34,35)(H,27,28,33,36)/t14-,15-,17+,19+,22+,41?/m0/s1. The van der Waals surface area contributed by atoms with Gasteiger partial charge in [0.25, 0.3) is 0 Å². The van der Waals surface area contributed by atoms with Gasteiger partial charge in [-0.05, 0) is 45.1 Å². The number of carbonyl (C=O) groups excluding carboxylic acids is 1. The largest absolute Gasteiger partial charge is 0.480 e. The highest BCUT2D eigenvalue weighted by Crippen LogP contribution is 2.48. The molecule has 0 saturated carbocycles. The number of aromatic nitrogens is 2. The molecule has 1 aromatic heterocycles. The van der Waals surface area contributed by atoms with Gasteiger partial charge in [-0.1, -0.05) is 18.2 Å². The molecule has 2 saturated heterocycles. The molecule has 2 fully saturated rings. The number of ether oxygens (including phenoxy) is 1. The van der Waals surface area contributed by atoms with Crippen LogP contribution in [0, 0.1) is 5.92 Å². The van der Waals surface area contributed by atoms with E-state index >= 15 is 8.78 Å². The molecule has 0 aliphatic carbocycles. The van der Waals surface area contributed by atoms with E-state index < -0.39 is 56.4 Å². The Kier molecular flexibility index (Phi) is 9.21. The zero-order valence-electron chi connectivity index (χ0n) is 22.1. The molecule has 14 nitrogen and oxygen atoms in total. The number of carboxylic acids is 1. The van der Waals surface area contributed by atoms with Crippen molar-refractivity contribution in [3.8, 4) is 5.75 Å². The van der Waals surface area contributed by atoms with E-state index in [2.05, 4.69) is 15.4 Å². The van der Waals surface area contributed by atoms with Gasteiger partial charge in [0, 0.05) is 12.7 Å². The summed E-state index contributed by atoms with van der Waals surface area (Å²) in [5, 5.41) is 24.2. The molecule has 1 amide bonds. The number of carboxylic acid groups (broad SMARTS) is 1. The Morgan fingerprint density at radius 2 is 2.00 bits per heavy atom. The van der Waals surface area contributed by atoms with Crippen LogP contribution in [0.1, 0.15) is 19.6 Å². The van der Waals surface area contributed by atoms with Crippen LogP contribution in [0.25, 0.3) is 0 Å². The molecule has 4 rings (SSSR count). The minimum Gasteiger partial charge on any atom is -0.480 e. The van der Waals surface area contributed by atoms with Crippen molar-refractivity contribution >= 4 is 25.4 Å². The van der Waals surface area contributed by atoms with E-state index in [0.29, 0.717) is 17.5 Å². The molecule has 3 heterocycles. The van der Waals surface area contributed by atoms with Gasteiger partial charge in [-0.3, -0.25) is 18.7 Å². The summed E-state index contributed by atoms with van der Waals surface area (Å²) in [6.07, 6.45) is -5.08. The lowest BCUT2D eigenvalue weighted by molar-refractivity contribution is -0.141. The molecule has 17 heteroatoms. The summed E-state index contributed by atoms with van der Waals surface area (Å²) in [5.41, 5.74) is -1.18. The Morgan fingerprint density at radius 3 is 2.61 bits per heavy atom. The van der Waals surface area contributed by atoms with E-state index in [9.17, 15) is 29.2 Å². The van der Waals surface area contributed by atoms with Crippen LogP contribution in [-0.4, -0.2) is 87.5 Å². The highest BCUT2D eigenvalue weighted by molar-refractivity contribution is 7.52. The van der Waals surface area contributed by atoms with Crippen molar-refractivity contribution in [1.29, 1.82) is 0 Å². The Balaban J connectivity index is 1.47. The van der Waals surface area contributed by atoms with Crippen LogP contribution in [0.4, 0.5) is 14.6 Å². The van der Waals surface area contributed by atoms with E-state index in [-0.39, 0.29) is 23.4 Å². The number of nitrogens with zero attached hydrogens (tertiary/aromatic N) is 3. The van der Waals surface area contributed by atoms with Gasteiger partial charge in [0.1, 0.15) is 23.7 Å². The lowest BCUT2D eigenvalue weighted by Gasteiger charge is -2.23. The quantitative estimate of drug-likeness (QED) is 0.272. The first kappa shape index (κ1) is 30.7. The van der Waals surface area contributed by atoms with Crippen LogP contribution in [0.5, 0.6) is 5.75 Å². The molecular formula is C24H30F2N5O9P. The summed E-state index contributed by atoms with van der Waals surface area (Å²) < 4.78 is 59.7. The van der Waals surface area contributed by atoms with Gasteiger partial charge in [-0.25, -0.2) is 9.36 Å². The Bertz CT molecular complexity index is 1360. The first-order valence-corrected chi connectivity index (χ1v) is 14.1. The second-order valence-corrected chi connectivity index (χ2v) is 11.5. The number of aliphatic hydroxyl groups excluding tert-OH is 1. The number of rotatable bonds is 11. The average molecular weight is 602 g/mol. The predicted molar refractivity (Wildman–Crippen MR) is 138 cm³/mol. The van der Waals surface area contributed by atoms with Crippen LogP contribution in [0.2, 0.25) is 0 Å². The number of likely N-dealkylation sites (tertiary alicyclic amines) is 1. The number of aliphatic hydroxyl groups is 1. The molecule has 0 radical (unpaired) electrons. The van der Waals surface area contributed by atoms with Crippen molar-refractivity contribution in [2.24, 2.45) is 5.92 Å². The van der Waals surface area contributed by atoms with Crippen molar-refractivity contribution in [1.82, 2.24) is 19.5 Å². The van der Waals surface area contributed by atoms with Crippen LogP contribution in [0.3, 0.4) is 0 Å². The lowest BCUT2D eigenvalue weighted by atomic mass is 10.1. The number of aliphatic carboxylic acids is 1.